The summed E-state index contributed by atoms with van der Waals surface area (Å²) >= 11 is 0. The van der Waals surface area contributed by atoms with Gasteiger partial charge >= 0.3 is 0 Å². The Morgan fingerprint density at radius 1 is 1.77 bits per heavy atom. The summed E-state index contributed by atoms with van der Waals surface area (Å²) in [5.74, 6) is 2.64. The van der Waals surface area contributed by atoms with Crippen LogP contribution in [0.4, 0.5) is 0 Å². The highest BCUT2D eigenvalue weighted by Gasteiger charge is 2.07. The van der Waals surface area contributed by atoms with Crippen LogP contribution in [0.2, 0.25) is 0 Å². The highest BCUT2D eigenvalue weighted by atomic mass is 14.9. The van der Waals surface area contributed by atoms with Gasteiger partial charge in [0, 0.05) is 17.5 Å². The summed E-state index contributed by atoms with van der Waals surface area (Å²) in [7, 11) is 0. The number of hydrogen-bond donors (Lipinski definition) is 1. The maximum atomic E-state index is 5.37. The second-order valence-electron chi connectivity index (χ2n) is 2.65. The van der Waals surface area contributed by atoms with Gasteiger partial charge in [-0.15, -0.1) is 6.42 Å². The van der Waals surface area contributed by atoms with Crippen molar-refractivity contribution in [1.29, 1.82) is 0 Å². The first-order valence-corrected chi connectivity index (χ1v) is 4.04. The summed E-state index contributed by atoms with van der Waals surface area (Å²) in [6.07, 6.45) is 8.72. The molecule has 1 N–H and O–H groups in total. The van der Waals surface area contributed by atoms with Gasteiger partial charge in [-0.3, -0.25) is 4.98 Å². The standard InChI is InChI=1S/C11H12N2/c1-4-11(12-5-2)10-7-6-8-13-9(10)3/h1,5-8,11-12H,2H2,3H3. The van der Waals surface area contributed by atoms with Gasteiger partial charge in [0.2, 0.25) is 0 Å². The van der Waals surface area contributed by atoms with Crippen molar-refractivity contribution in [2.45, 2.75) is 13.0 Å². The van der Waals surface area contributed by atoms with E-state index in [1.807, 2.05) is 19.1 Å². The molecule has 1 aromatic heterocycles. The number of nitrogens with one attached hydrogen (secondary N) is 1. The van der Waals surface area contributed by atoms with Crippen LogP contribution in [0.5, 0.6) is 0 Å². The topological polar surface area (TPSA) is 24.9 Å². The fourth-order valence-electron chi connectivity index (χ4n) is 1.15. The zero-order chi connectivity index (χ0) is 9.68. The second-order valence-corrected chi connectivity index (χ2v) is 2.65. The van der Waals surface area contributed by atoms with Crippen molar-refractivity contribution in [3.63, 3.8) is 0 Å². The van der Waals surface area contributed by atoms with E-state index < -0.39 is 0 Å². The average molecular weight is 172 g/mol. The first-order chi connectivity index (χ1) is 6.29. The maximum absolute atomic E-state index is 5.37. The number of aromatic nitrogens is 1. The van der Waals surface area contributed by atoms with E-state index in [4.69, 9.17) is 6.42 Å². The lowest BCUT2D eigenvalue weighted by molar-refractivity contribution is 0.768. The van der Waals surface area contributed by atoms with Gasteiger partial charge in [-0.1, -0.05) is 18.6 Å². The normalized spacial score (nSPS) is 11.4. The first kappa shape index (κ1) is 9.34. The van der Waals surface area contributed by atoms with Crippen molar-refractivity contribution in [2.75, 3.05) is 0 Å². The van der Waals surface area contributed by atoms with Gasteiger partial charge < -0.3 is 5.32 Å². The molecular weight excluding hydrogens is 160 g/mol. The van der Waals surface area contributed by atoms with Crippen LogP contribution in [-0.4, -0.2) is 4.98 Å². The van der Waals surface area contributed by atoms with Crippen LogP contribution in [0.1, 0.15) is 17.3 Å². The van der Waals surface area contributed by atoms with Crippen molar-refractivity contribution >= 4 is 0 Å². The van der Waals surface area contributed by atoms with Crippen LogP contribution in [0.15, 0.2) is 31.1 Å². The minimum absolute atomic E-state index is 0.133. The van der Waals surface area contributed by atoms with Gasteiger partial charge in [-0.2, -0.15) is 0 Å². The summed E-state index contributed by atoms with van der Waals surface area (Å²) in [5.41, 5.74) is 1.96. The Morgan fingerprint density at radius 3 is 3.08 bits per heavy atom. The Labute approximate surface area is 78.7 Å². The predicted octanol–water partition coefficient (Wildman–Crippen LogP) is 1.80. The highest BCUT2D eigenvalue weighted by Crippen LogP contribution is 2.14. The van der Waals surface area contributed by atoms with Crippen LogP contribution < -0.4 is 5.32 Å². The van der Waals surface area contributed by atoms with Gasteiger partial charge in [0.15, 0.2) is 0 Å². The Bertz CT molecular complexity index is 336. The first-order valence-electron chi connectivity index (χ1n) is 4.04. The van der Waals surface area contributed by atoms with E-state index in [1.165, 1.54) is 0 Å². The van der Waals surface area contributed by atoms with E-state index in [1.54, 1.807) is 12.4 Å². The van der Waals surface area contributed by atoms with E-state index in [-0.39, 0.29) is 6.04 Å². The van der Waals surface area contributed by atoms with E-state index >= 15 is 0 Å². The molecule has 66 valence electrons. The van der Waals surface area contributed by atoms with Gasteiger partial charge in [-0.25, -0.2) is 0 Å². The molecule has 1 atom stereocenters. The molecule has 0 radical (unpaired) electrons. The van der Waals surface area contributed by atoms with E-state index in [0.29, 0.717) is 0 Å². The molecule has 0 aliphatic heterocycles. The Hall–Kier alpha value is -1.75. The average Bonchev–Trinajstić information content (AvgIpc) is 2.16. The smallest absolute Gasteiger partial charge is 0.114 e. The molecule has 0 amide bonds. The molecule has 1 unspecified atom stereocenters. The van der Waals surface area contributed by atoms with Crippen LogP contribution >= 0.6 is 0 Å². The lowest BCUT2D eigenvalue weighted by atomic mass is 10.1. The zero-order valence-electron chi connectivity index (χ0n) is 7.62. The molecule has 0 spiro atoms. The molecule has 2 nitrogen and oxygen atoms in total. The minimum Gasteiger partial charge on any atom is -0.374 e. The largest absolute Gasteiger partial charge is 0.374 e. The van der Waals surface area contributed by atoms with Crippen LogP contribution in [-0.2, 0) is 0 Å². The summed E-state index contributed by atoms with van der Waals surface area (Å²) in [6.45, 7) is 5.51. The molecular formula is C11H12N2. The third-order valence-corrected chi connectivity index (χ3v) is 1.81. The van der Waals surface area contributed by atoms with Crippen molar-refractivity contribution in [1.82, 2.24) is 10.3 Å². The molecule has 0 bridgehead atoms. The third kappa shape index (κ3) is 2.09. The molecule has 1 aromatic rings. The Morgan fingerprint density at radius 2 is 2.54 bits per heavy atom. The fourth-order valence-corrected chi connectivity index (χ4v) is 1.15. The van der Waals surface area contributed by atoms with Gasteiger partial charge in [0.05, 0.1) is 0 Å². The van der Waals surface area contributed by atoms with E-state index in [2.05, 4.69) is 22.8 Å². The molecule has 1 rings (SSSR count). The van der Waals surface area contributed by atoms with Gasteiger partial charge in [0.25, 0.3) is 0 Å². The minimum atomic E-state index is -0.133. The summed E-state index contributed by atoms with van der Waals surface area (Å²) in [5, 5.41) is 2.98. The Kier molecular flexibility index (Phi) is 3.10. The fraction of sp³-hybridized carbons (Fsp3) is 0.182. The zero-order valence-corrected chi connectivity index (χ0v) is 7.62. The van der Waals surface area contributed by atoms with Crippen LogP contribution in [0.3, 0.4) is 0 Å². The number of pyridine rings is 1. The quantitative estimate of drug-likeness (QED) is 0.703. The SMILES string of the molecule is C#CC(NC=C)c1cccnc1C. The third-order valence-electron chi connectivity index (χ3n) is 1.81. The highest BCUT2D eigenvalue weighted by molar-refractivity contribution is 5.28. The number of aryl methyl sites for hydroxylation is 1. The summed E-state index contributed by atoms with van der Waals surface area (Å²) < 4.78 is 0. The van der Waals surface area contributed by atoms with Crippen molar-refractivity contribution < 1.29 is 0 Å². The molecule has 0 fully saturated rings. The monoisotopic (exact) mass is 172 g/mol. The van der Waals surface area contributed by atoms with Crippen LogP contribution in [0, 0.1) is 19.3 Å². The van der Waals surface area contributed by atoms with Crippen molar-refractivity contribution in [3.05, 3.63) is 42.4 Å². The lowest BCUT2D eigenvalue weighted by Crippen LogP contribution is -2.14. The molecule has 0 aliphatic rings. The maximum Gasteiger partial charge on any atom is 0.114 e. The Balaban J connectivity index is 2.99. The molecule has 13 heavy (non-hydrogen) atoms. The lowest BCUT2D eigenvalue weighted by Gasteiger charge is -2.12. The van der Waals surface area contributed by atoms with Crippen molar-refractivity contribution in [2.24, 2.45) is 0 Å². The summed E-state index contributed by atoms with van der Waals surface area (Å²) in [4.78, 5) is 4.16. The van der Waals surface area contributed by atoms with Gasteiger partial charge in [-0.05, 0) is 19.2 Å². The van der Waals surface area contributed by atoms with Crippen LogP contribution in [0.25, 0.3) is 0 Å². The second kappa shape index (κ2) is 4.32. The molecule has 1 heterocycles. The number of terminal acetylenes is 1. The molecule has 0 aromatic carbocycles. The van der Waals surface area contributed by atoms with E-state index in [9.17, 15) is 0 Å². The predicted molar refractivity (Wildman–Crippen MR) is 53.9 cm³/mol. The number of nitrogens with zero attached hydrogens (tertiary/aromatic N) is 1. The molecule has 0 saturated heterocycles. The summed E-state index contributed by atoms with van der Waals surface area (Å²) in [6, 6.07) is 3.70. The number of rotatable bonds is 3. The molecule has 0 aliphatic carbocycles. The van der Waals surface area contributed by atoms with E-state index in [0.717, 1.165) is 11.3 Å². The van der Waals surface area contributed by atoms with Gasteiger partial charge in [0.1, 0.15) is 6.04 Å². The molecule has 2 heteroatoms. The molecule has 0 saturated carbocycles. The number of hydrogen-bond acceptors (Lipinski definition) is 2. The van der Waals surface area contributed by atoms with Crippen molar-refractivity contribution in [3.8, 4) is 12.3 Å².